The molecule has 0 spiro atoms. The molecule has 0 radical (unpaired) electrons. The smallest absolute Gasteiger partial charge is 0.332 e. The van der Waals surface area contributed by atoms with E-state index in [-0.39, 0.29) is 6.10 Å². The maximum absolute atomic E-state index is 10.8. The minimum Gasteiger partial charge on any atom is -0.479 e. The van der Waals surface area contributed by atoms with Crippen LogP contribution in [0.1, 0.15) is 18.7 Å². The van der Waals surface area contributed by atoms with Gasteiger partial charge in [-0.3, -0.25) is 4.90 Å². The van der Waals surface area contributed by atoms with Gasteiger partial charge in [-0.25, -0.2) is 4.79 Å². The lowest BCUT2D eigenvalue weighted by Gasteiger charge is -2.28. The molecule has 0 aromatic carbocycles. The van der Waals surface area contributed by atoms with Gasteiger partial charge >= 0.3 is 5.97 Å². The molecule has 1 N–H and O–H groups in total. The van der Waals surface area contributed by atoms with Gasteiger partial charge < -0.3 is 14.4 Å². The van der Waals surface area contributed by atoms with Gasteiger partial charge in [-0.15, -0.1) is 10.2 Å². The molecule has 1 aromatic rings. The summed E-state index contributed by atoms with van der Waals surface area (Å²) >= 11 is 0. The number of aliphatic carboxylic acids is 1. The number of hydrogen-bond acceptors (Lipinski definition) is 5. The summed E-state index contributed by atoms with van der Waals surface area (Å²) in [6, 6.07) is 0. The van der Waals surface area contributed by atoms with Crippen LogP contribution in [0.5, 0.6) is 0 Å². The van der Waals surface area contributed by atoms with Crippen molar-refractivity contribution in [3.05, 3.63) is 12.2 Å². The molecule has 98 valence electrons. The Balaban J connectivity index is 1.54. The molecule has 2 aliphatic heterocycles. The second-order valence-electron chi connectivity index (χ2n) is 4.84. The van der Waals surface area contributed by atoms with Crippen molar-refractivity contribution < 1.29 is 14.6 Å². The quantitative estimate of drug-likeness (QED) is 0.797. The van der Waals surface area contributed by atoms with E-state index in [0.717, 1.165) is 38.4 Å². The first-order valence-electron chi connectivity index (χ1n) is 6.19. The van der Waals surface area contributed by atoms with Gasteiger partial charge in [0.05, 0.1) is 12.6 Å². The average molecular weight is 252 g/mol. The van der Waals surface area contributed by atoms with Crippen molar-refractivity contribution in [3.8, 4) is 0 Å². The van der Waals surface area contributed by atoms with E-state index >= 15 is 0 Å². The third-order valence-corrected chi connectivity index (χ3v) is 3.56. The molecule has 3 rings (SSSR count). The van der Waals surface area contributed by atoms with Gasteiger partial charge in [0.15, 0.2) is 6.10 Å². The Bertz CT molecular complexity index is 447. The first-order valence-corrected chi connectivity index (χ1v) is 6.19. The van der Waals surface area contributed by atoms with Gasteiger partial charge in [0, 0.05) is 19.6 Å². The Hall–Kier alpha value is -1.47. The Morgan fingerprint density at radius 3 is 3.17 bits per heavy atom. The van der Waals surface area contributed by atoms with Crippen LogP contribution < -0.4 is 0 Å². The number of carboxylic acid groups (broad SMARTS) is 1. The zero-order valence-electron chi connectivity index (χ0n) is 10.0. The first kappa shape index (κ1) is 11.6. The number of ether oxygens (including phenoxy) is 1. The van der Waals surface area contributed by atoms with Gasteiger partial charge in [-0.1, -0.05) is 0 Å². The van der Waals surface area contributed by atoms with Crippen molar-refractivity contribution in [3.63, 3.8) is 0 Å². The zero-order valence-corrected chi connectivity index (χ0v) is 10.0. The molecule has 2 unspecified atom stereocenters. The van der Waals surface area contributed by atoms with Gasteiger partial charge in [0.2, 0.25) is 0 Å². The molecule has 2 atom stereocenters. The van der Waals surface area contributed by atoms with E-state index < -0.39 is 12.1 Å². The number of rotatable bonds is 3. The molecule has 3 heterocycles. The lowest BCUT2D eigenvalue weighted by molar-refractivity contribution is -0.149. The normalized spacial score (nSPS) is 28.2. The molecular weight excluding hydrogens is 236 g/mol. The van der Waals surface area contributed by atoms with Crippen molar-refractivity contribution in [1.82, 2.24) is 19.7 Å². The SMILES string of the molecule is O=C(O)C1CCC(CN2CCn3cnnc3C2)O1. The van der Waals surface area contributed by atoms with E-state index in [2.05, 4.69) is 15.1 Å². The third kappa shape index (κ3) is 2.23. The fourth-order valence-electron chi connectivity index (χ4n) is 2.58. The minimum absolute atomic E-state index is 0.0283. The number of fused-ring (bicyclic) bond motifs is 1. The molecule has 7 nitrogen and oxygen atoms in total. The highest BCUT2D eigenvalue weighted by Gasteiger charge is 2.32. The minimum atomic E-state index is -0.851. The van der Waals surface area contributed by atoms with Crippen LogP contribution in [0.2, 0.25) is 0 Å². The van der Waals surface area contributed by atoms with Crippen LogP contribution in [0.3, 0.4) is 0 Å². The van der Waals surface area contributed by atoms with Crippen LogP contribution in [-0.4, -0.2) is 56.0 Å². The summed E-state index contributed by atoms with van der Waals surface area (Å²) in [6.07, 6.45) is 2.59. The lowest BCUT2D eigenvalue weighted by Crippen LogP contribution is -2.39. The standard InChI is InChI=1S/C11H16N4O3/c16-11(17)9-2-1-8(18-9)5-14-3-4-15-7-12-13-10(15)6-14/h7-9H,1-6H2,(H,16,17). The van der Waals surface area contributed by atoms with Crippen molar-refractivity contribution in [1.29, 1.82) is 0 Å². The summed E-state index contributed by atoms with van der Waals surface area (Å²) in [4.78, 5) is 13.1. The Labute approximate surface area is 104 Å². The van der Waals surface area contributed by atoms with Crippen molar-refractivity contribution in [2.45, 2.75) is 38.1 Å². The zero-order chi connectivity index (χ0) is 12.5. The molecule has 0 saturated carbocycles. The predicted octanol–water partition coefficient (Wildman–Crippen LogP) is -0.274. The Morgan fingerprint density at radius 1 is 1.50 bits per heavy atom. The monoisotopic (exact) mass is 252 g/mol. The van der Waals surface area contributed by atoms with Crippen molar-refractivity contribution in [2.75, 3.05) is 13.1 Å². The summed E-state index contributed by atoms with van der Waals surface area (Å²) in [5, 5.41) is 16.8. The summed E-state index contributed by atoms with van der Waals surface area (Å²) in [5.74, 6) is 0.116. The number of carboxylic acids is 1. The Kier molecular flexibility index (Phi) is 3.00. The summed E-state index contributed by atoms with van der Waals surface area (Å²) < 4.78 is 7.56. The van der Waals surface area contributed by atoms with Crippen LogP contribution in [-0.2, 0) is 22.6 Å². The second kappa shape index (κ2) is 4.66. The van der Waals surface area contributed by atoms with Crippen molar-refractivity contribution in [2.24, 2.45) is 0 Å². The van der Waals surface area contributed by atoms with Crippen LogP contribution in [0.4, 0.5) is 0 Å². The molecule has 0 aliphatic carbocycles. The van der Waals surface area contributed by atoms with E-state index in [1.807, 2.05) is 4.57 Å². The molecular formula is C11H16N4O3. The van der Waals surface area contributed by atoms with E-state index in [9.17, 15) is 4.79 Å². The average Bonchev–Trinajstić information content (AvgIpc) is 2.96. The molecule has 1 saturated heterocycles. The van der Waals surface area contributed by atoms with Gasteiger partial charge in [0.25, 0.3) is 0 Å². The molecule has 0 amide bonds. The summed E-state index contributed by atoms with van der Waals surface area (Å²) in [6.45, 7) is 3.36. The molecule has 7 heteroatoms. The molecule has 18 heavy (non-hydrogen) atoms. The second-order valence-corrected chi connectivity index (χ2v) is 4.84. The summed E-state index contributed by atoms with van der Waals surface area (Å²) in [5.41, 5.74) is 0. The van der Waals surface area contributed by atoms with E-state index in [1.165, 1.54) is 0 Å². The van der Waals surface area contributed by atoms with Gasteiger partial charge in [-0.2, -0.15) is 0 Å². The highest BCUT2D eigenvalue weighted by atomic mass is 16.5. The number of nitrogens with zero attached hydrogens (tertiary/aromatic N) is 4. The molecule has 0 bridgehead atoms. The lowest BCUT2D eigenvalue weighted by atomic mass is 10.2. The predicted molar refractivity (Wildman–Crippen MR) is 60.8 cm³/mol. The largest absolute Gasteiger partial charge is 0.479 e. The van der Waals surface area contributed by atoms with Crippen LogP contribution in [0, 0.1) is 0 Å². The van der Waals surface area contributed by atoms with Crippen LogP contribution in [0.15, 0.2) is 6.33 Å². The number of aromatic nitrogens is 3. The fraction of sp³-hybridized carbons (Fsp3) is 0.727. The van der Waals surface area contributed by atoms with Crippen LogP contribution >= 0.6 is 0 Å². The third-order valence-electron chi connectivity index (χ3n) is 3.56. The van der Waals surface area contributed by atoms with E-state index in [4.69, 9.17) is 9.84 Å². The van der Waals surface area contributed by atoms with Gasteiger partial charge in [0.1, 0.15) is 12.2 Å². The highest BCUT2D eigenvalue weighted by Crippen LogP contribution is 2.22. The Morgan fingerprint density at radius 2 is 2.39 bits per heavy atom. The molecule has 2 aliphatic rings. The maximum Gasteiger partial charge on any atom is 0.332 e. The van der Waals surface area contributed by atoms with E-state index in [1.54, 1.807) is 6.33 Å². The van der Waals surface area contributed by atoms with Crippen molar-refractivity contribution >= 4 is 5.97 Å². The first-order chi connectivity index (χ1) is 8.72. The maximum atomic E-state index is 10.8. The summed E-state index contributed by atoms with van der Waals surface area (Å²) in [7, 11) is 0. The molecule has 1 fully saturated rings. The van der Waals surface area contributed by atoms with Gasteiger partial charge in [-0.05, 0) is 12.8 Å². The number of hydrogen-bond donors (Lipinski definition) is 1. The molecule has 1 aromatic heterocycles. The number of carbonyl (C=O) groups is 1. The highest BCUT2D eigenvalue weighted by molar-refractivity contribution is 5.72. The van der Waals surface area contributed by atoms with E-state index in [0.29, 0.717) is 6.42 Å². The fourth-order valence-corrected chi connectivity index (χ4v) is 2.58. The van der Waals surface area contributed by atoms with Crippen LogP contribution in [0.25, 0.3) is 0 Å². The topological polar surface area (TPSA) is 80.5 Å².